The fourth-order valence-corrected chi connectivity index (χ4v) is 4.15. The molecule has 1 aromatic carbocycles. The van der Waals surface area contributed by atoms with Crippen LogP contribution in [0.3, 0.4) is 0 Å². The third kappa shape index (κ3) is 3.23. The molecule has 0 unspecified atom stereocenters. The molecule has 4 nitrogen and oxygen atoms in total. The van der Waals surface area contributed by atoms with Crippen molar-refractivity contribution in [2.75, 3.05) is 0 Å². The van der Waals surface area contributed by atoms with E-state index in [0.717, 1.165) is 30.2 Å². The summed E-state index contributed by atoms with van der Waals surface area (Å²) < 4.78 is 5.31. The van der Waals surface area contributed by atoms with Crippen molar-refractivity contribution >= 4 is 5.91 Å². The highest BCUT2D eigenvalue weighted by Crippen LogP contribution is 2.41. The second-order valence-electron chi connectivity index (χ2n) is 7.24. The van der Waals surface area contributed by atoms with Crippen LogP contribution >= 0.6 is 0 Å². The van der Waals surface area contributed by atoms with E-state index >= 15 is 0 Å². The Morgan fingerprint density at radius 3 is 2.54 bits per heavy atom. The molecule has 2 aliphatic carbocycles. The number of rotatable bonds is 4. The lowest BCUT2D eigenvalue weighted by molar-refractivity contribution is 0.0803. The van der Waals surface area contributed by atoms with Gasteiger partial charge < -0.3 is 9.84 Å². The van der Waals surface area contributed by atoms with Crippen LogP contribution < -0.4 is 5.32 Å². The van der Waals surface area contributed by atoms with Crippen molar-refractivity contribution in [2.45, 2.75) is 51.0 Å². The van der Waals surface area contributed by atoms with Crippen LogP contribution in [0.25, 0.3) is 11.3 Å². The van der Waals surface area contributed by atoms with Crippen molar-refractivity contribution in [3.63, 3.8) is 0 Å². The minimum atomic E-state index is -0.118. The molecule has 0 saturated heterocycles. The van der Waals surface area contributed by atoms with Gasteiger partial charge in [0.2, 0.25) is 0 Å². The largest absolute Gasteiger partial charge is 0.355 e. The van der Waals surface area contributed by atoms with Gasteiger partial charge in [-0.05, 0) is 24.7 Å². The maximum atomic E-state index is 12.3. The molecule has 1 amide bonds. The second kappa shape index (κ2) is 6.80. The van der Waals surface area contributed by atoms with Crippen LogP contribution in [0.1, 0.15) is 55.4 Å². The summed E-state index contributed by atoms with van der Waals surface area (Å²) >= 11 is 0. The molecule has 2 aliphatic rings. The monoisotopic (exact) mass is 324 g/mol. The Labute approximate surface area is 142 Å². The van der Waals surface area contributed by atoms with Gasteiger partial charge in [0.1, 0.15) is 0 Å². The van der Waals surface area contributed by atoms with E-state index in [9.17, 15) is 4.79 Å². The molecule has 2 saturated carbocycles. The summed E-state index contributed by atoms with van der Waals surface area (Å²) in [5.74, 6) is 2.22. The van der Waals surface area contributed by atoms with Gasteiger partial charge in [-0.3, -0.25) is 4.79 Å². The topological polar surface area (TPSA) is 55.1 Å². The van der Waals surface area contributed by atoms with Gasteiger partial charge in [-0.2, -0.15) is 0 Å². The fourth-order valence-electron chi connectivity index (χ4n) is 4.15. The molecule has 0 aliphatic heterocycles. The zero-order valence-electron chi connectivity index (χ0n) is 13.9. The third-order valence-corrected chi connectivity index (χ3v) is 5.63. The zero-order valence-corrected chi connectivity index (χ0v) is 13.9. The Kier molecular flexibility index (Phi) is 4.37. The van der Waals surface area contributed by atoms with Gasteiger partial charge in [0.05, 0.1) is 0 Å². The Morgan fingerprint density at radius 1 is 1.04 bits per heavy atom. The molecule has 24 heavy (non-hydrogen) atoms. The summed E-state index contributed by atoms with van der Waals surface area (Å²) in [7, 11) is 0. The Morgan fingerprint density at radius 2 is 1.79 bits per heavy atom. The molecule has 0 spiro atoms. The number of hydrogen-bond acceptors (Lipinski definition) is 3. The highest BCUT2D eigenvalue weighted by molar-refractivity contribution is 5.93. The lowest BCUT2D eigenvalue weighted by atomic mass is 9.67. The number of aromatic nitrogens is 1. The first kappa shape index (κ1) is 15.4. The third-order valence-electron chi connectivity index (χ3n) is 5.63. The highest BCUT2D eigenvalue weighted by atomic mass is 16.5. The quantitative estimate of drug-likeness (QED) is 0.905. The van der Waals surface area contributed by atoms with E-state index in [1.54, 1.807) is 6.07 Å². The molecular formula is C20H24N2O2. The number of carbonyl (C=O) groups excluding carboxylic acids is 1. The Balaban J connectivity index is 1.30. The van der Waals surface area contributed by atoms with Gasteiger partial charge in [0.15, 0.2) is 11.5 Å². The van der Waals surface area contributed by atoms with Gasteiger partial charge in [0, 0.05) is 17.7 Å². The molecule has 2 aromatic rings. The summed E-state index contributed by atoms with van der Waals surface area (Å²) in [6.45, 7) is 0. The molecule has 1 aromatic heterocycles. The van der Waals surface area contributed by atoms with E-state index in [-0.39, 0.29) is 5.91 Å². The summed E-state index contributed by atoms with van der Waals surface area (Å²) in [6, 6.07) is 11.8. The molecule has 1 N–H and O–H groups in total. The number of nitrogens with zero attached hydrogens (tertiary/aromatic N) is 1. The number of hydrogen-bond donors (Lipinski definition) is 1. The average Bonchev–Trinajstić information content (AvgIpc) is 3.09. The van der Waals surface area contributed by atoms with Crippen molar-refractivity contribution in [3.8, 4) is 11.3 Å². The van der Waals surface area contributed by atoms with E-state index in [4.69, 9.17) is 4.52 Å². The van der Waals surface area contributed by atoms with Gasteiger partial charge in [-0.25, -0.2) is 0 Å². The first-order chi connectivity index (χ1) is 11.8. The fraction of sp³-hybridized carbons (Fsp3) is 0.500. The predicted molar refractivity (Wildman–Crippen MR) is 92.5 cm³/mol. The molecule has 126 valence electrons. The summed E-state index contributed by atoms with van der Waals surface area (Å²) in [5.41, 5.74) is 1.31. The standard InChI is InChI=1S/C20H24N2O2/c23-20(18-13-19(24-22-18)15-9-5-2-6-10-15)21-17-11-16(12-17)14-7-3-1-4-8-14/h2,5-6,9-10,13-14,16-17H,1,3-4,7-8,11-12H2,(H,21,23). The summed E-state index contributed by atoms with van der Waals surface area (Å²) in [4.78, 5) is 12.3. The molecule has 4 heteroatoms. The summed E-state index contributed by atoms with van der Waals surface area (Å²) in [5, 5.41) is 7.03. The van der Waals surface area contributed by atoms with Crippen LogP contribution in [0.4, 0.5) is 0 Å². The van der Waals surface area contributed by atoms with Crippen LogP contribution in [-0.2, 0) is 0 Å². The van der Waals surface area contributed by atoms with Crippen molar-refractivity contribution in [1.29, 1.82) is 0 Å². The molecule has 0 radical (unpaired) electrons. The minimum Gasteiger partial charge on any atom is -0.355 e. The normalized spacial score (nSPS) is 24.3. The first-order valence-corrected chi connectivity index (χ1v) is 9.12. The van der Waals surface area contributed by atoms with Gasteiger partial charge in [-0.15, -0.1) is 0 Å². The summed E-state index contributed by atoms with van der Waals surface area (Å²) in [6.07, 6.45) is 9.20. The van der Waals surface area contributed by atoms with E-state index in [0.29, 0.717) is 17.5 Å². The maximum Gasteiger partial charge on any atom is 0.273 e. The van der Waals surface area contributed by atoms with E-state index in [1.807, 2.05) is 30.3 Å². The number of carbonyl (C=O) groups is 1. The molecule has 0 bridgehead atoms. The minimum absolute atomic E-state index is 0.118. The SMILES string of the molecule is O=C(NC1CC(C2CCCCC2)C1)c1cc(-c2ccccc2)on1. The Hall–Kier alpha value is -2.10. The van der Waals surface area contributed by atoms with Crippen LogP contribution in [-0.4, -0.2) is 17.1 Å². The average molecular weight is 324 g/mol. The lowest BCUT2D eigenvalue weighted by Crippen LogP contribution is -2.46. The van der Waals surface area contributed by atoms with Crippen molar-refractivity contribution in [3.05, 3.63) is 42.1 Å². The number of benzene rings is 1. The van der Waals surface area contributed by atoms with Gasteiger partial charge in [-0.1, -0.05) is 67.6 Å². The molecule has 1 heterocycles. The van der Waals surface area contributed by atoms with Gasteiger partial charge >= 0.3 is 0 Å². The van der Waals surface area contributed by atoms with E-state index < -0.39 is 0 Å². The Bertz CT molecular complexity index is 683. The van der Waals surface area contributed by atoms with Crippen LogP contribution in [0.5, 0.6) is 0 Å². The van der Waals surface area contributed by atoms with Crippen molar-refractivity contribution in [2.24, 2.45) is 11.8 Å². The van der Waals surface area contributed by atoms with Crippen molar-refractivity contribution < 1.29 is 9.32 Å². The molecule has 4 rings (SSSR count). The molecular weight excluding hydrogens is 300 g/mol. The zero-order chi connectivity index (χ0) is 16.4. The highest BCUT2D eigenvalue weighted by Gasteiger charge is 2.36. The first-order valence-electron chi connectivity index (χ1n) is 9.12. The van der Waals surface area contributed by atoms with Crippen molar-refractivity contribution in [1.82, 2.24) is 10.5 Å². The van der Waals surface area contributed by atoms with Crippen LogP contribution in [0, 0.1) is 11.8 Å². The second-order valence-corrected chi connectivity index (χ2v) is 7.24. The lowest BCUT2D eigenvalue weighted by Gasteiger charge is -2.42. The number of amides is 1. The van der Waals surface area contributed by atoms with E-state index in [2.05, 4.69) is 10.5 Å². The smallest absolute Gasteiger partial charge is 0.273 e. The molecule has 0 atom stereocenters. The van der Waals surface area contributed by atoms with Gasteiger partial charge in [0.25, 0.3) is 5.91 Å². The number of nitrogens with one attached hydrogen (secondary N) is 1. The molecule has 2 fully saturated rings. The van der Waals surface area contributed by atoms with Crippen LogP contribution in [0.2, 0.25) is 0 Å². The van der Waals surface area contributed by atoms with Crippen LogP contribution in [0.15, 0.2) is 40.9 Å². The maximum absolute atomic E-state index is 12.3. The predicted octanol–water partition coefficient (Wildman–Crippen LogP) is 4.43. The van der Waals surface area contributed by atoms with E-state index in [1.165, 1.54) is 32.1 Å².